The van der Waals surface area contributed by atoms with E-state index >= 15 is 0 Å². The molecule has 0 spiro atoms. The third-order valence-corrected chi connectivity index (χ3v) is 3.82. The van der Waals surface area contributed by atoms with Crippen molar-refractivity contribution in [3.63, 3.8) is 0 Å². The number of nitrogens with zero attached hydrogens (tertiary/aromatic N) is 1. The van der Waals surface area contributed by atoms with Crippen molar-refractivity contribution in [1.82, 2.24) is 4.98 Å². The van der Waals surface area contributed by atoms with Gasteiger partial charge in [-0.25, -0.2) is 0 Å². The van der Waals surface area contributed by atoms with E-state index in [0.29, 0.717) is 16.7 Å². The highest BCUT2D eigenvalue weighted by molar-refractivity contribution is 6.35. The number of pyridine rings is 1. The summed E-state index contributed by atoms with van der Waals surface area (Å²) in [6.07, 6.45) is 2.69. The fourth-order valence-corrected chi connectivity index (χ4v) is 2.89. The van der Waals surface area contributed by atoms with Crippen LogP contribution in [0.25, 0.3) is 0 Å². The fourth-order valence-electron chi connectivity index (χ4n) is 2.33. The van der Waals surface area contributed by atoms with Gasteiger partial charge in [0.15, 0.2) is 0 Å². The van der Waals surface area contributed by atoms with Crippen molar-refractivity contribution >= 4 is 28.9 Å². The molecule has 1 aliphatic heterocycles. The molecular weight excluding hydrogens is 295 g/mol. The Morgan fingerprint density at radius 3 is 2.90 bits per heavy atom. The average molecular weight is 309 g/mol. The van der Waals surface area contributed by atoms with Crippen molar-refractivity contribution < 1.29 is 4.74 Å². The van der Waals surface area contributed by atoms with E-state index < -0.39 is 0 Å². The number of hydrogen-bond acceptors (Lipinski definition) is 3. The standard InChI is InChI=1S/C15H14Cl2N2O/c1-9-2-3-11(8-18-9)19-14-4-5-20-15-12(14)6-10(16)7-13(15)17/h2-3,6-8,14,19H,4-5H2,1H3. The topological polar surface area (TPSA) is 34.1 Å². The van der Waals surface area contributed by atoms with Gasteiger partial charge in [-0.15, -0.1) is 0 Å². The van der Waals surface area contributed by atoms with Crippen LogP contribution in [0.15, 0.2) is 30.5 Å². The summed E-state index contributed by atoms with van der Waals surface area (Å²) in [5.41, 5.74) is 2.97. The van der Waals surface area contributed by atoms with E-state index in [1.54, 1.807) is 6.07 Å². The molecule has 1 aromatic heterocycles. The summed E-state index contributed by atoms with van der Waals surface area (Å²) < 4.78 is 5.65. The predicted molar refractivity (Wildman–Crippen MR) is 81.9 cm³/mol. The molecule has 1 unspecified atom stereocenters. The van der Waals surface area contributed by atoms with Gasteiger partial charge < -0.3 is 10.1 Å². The quantitative estimate of drug-likeness (QED) is 0.878. The monoisotopic (exact) mass is 308 g/mol. The summed E-state index contributed by atoms with van der Waals surface area (Å²) in [6, 6.07) is 7.73. The Kier molecular flexibility index (Phi) is 3.72. The van der Waals surface area contributed by atoms with Crippen molar-refractivity contribution in [3.8, 4) is 5.75 Å². The second-order valence-electron chi connectivity index (χ2n) is 4.83. The lowest BCUT2D eigenvalue weighted by atomic mass is 10.0. The number of ether oxygens (including phenoxy) is 1. The molecular formula is C15H14Cl2N2O. The minimum atomic E-state index is 0.124. The molecule has 1 atom stereocenters. The normalized spacial score (nSPS) is 17.2. The van der Waals surface area contributed by atoms with Crippen LogP contribution >= 0.6 is 23.2 Å². The number of fused-ring (bicyclic) bond motifs is 1. The number of rotatable bonds is 2. The van der Waals surface area contributed by atoms with Crippen LogP contribution in [0.5, 0.6) is 5.75 Å². The lowest BCUT2D eigenvalue weighted by Crippen LogP contribution is -2.20. The summed E-state index contributed by atoms with van der Waals surface area (Å²) in [6.45, 7) is 2.60. The van der Waals surface area contributed by atoms with Crippen molar-refractivity contribution in [2.24, 2.45) is 0 Å². The Labute approximate surface area is 127 Å². The maximum absolute atomic E-state index is 6.19. The molecule has 2 aromatic rings. The molecule has 2 heterocycles. The molecule has 0 bridgehead atoms. The smallest absolute Gasteiger partial charge is 0.143 e. The third-order valence-electron chi connectivity index (χ3n) is 3.32. The molecule has 1 aliphatic rings. The zero-order valence-electron chi connectivity index (χ0n) is 11.0. The van der Waals surface area contributed by atoms with E-state index in [2.05, 4.69) is 10.3 Å². The predicted octanol–water partition coefficient (Wildman–Crippen LogP) is 4.63. The van der Waals surface area contributed by atoms with Crippen LogP contribution in [0.3, 0.4) is 0 Å². The number of hydrogen-bond donors (Lipinski definition) is 1. The Morgan fingerprint density at radius 2 is 2.15 bits per heavy atom. The number of nitrogens with one attached hydrogen (secondary N) is 1. The number of benzene rings is 1. The van der Waals surface area contributed by atoms with Gasteiger partial charge in [0.1, 0.15) is 5.75 Å². The van der Waals surface area contributed by atoms with E-state index in [9.17, 15) is 0 Å². The number of halogens is 2. The highest BCUT2D eigenvalue weighted by Crippen LogP contribution is 2.41. The first-order chi connectivity index (χ1) is 9.63. The van der Waals surface area contributed by atoms with E-state index in [-0.39, 0.29) is 6.04 Å². The molecule has 0 fully saturated rings. The molecule has 0 amide bonds. The minimum absolute atomic E-state index is 0.124. The summed E-state index contributed by atoms with van der Waals surface area (Å²) in [5.74, 6) is 0.722. The molecule has 0 saturated heterocycles. The molecule has 0 aliphatic carbocycles. The molecule has 3 nitrogen and oxygen atoms in total. The Balaban J connectivity index is 1.91. The van der Waals surface area contributed by atoms with Gasteiger partial charge in [-0.1, -0.05) is 23.2 Å². The Bertz CT molecular complexity index is 629. The van der Waals surface area contributed by atoms with E-state index in [1.807, 2.05) is 31.3 Å². The van der Waals surface area contributed by atoms with Crippen molar-refractivity contribution in [2.75, 3.05) is 11.9 Å². The first-order valence-electron chi connectivity index (χ1n) is 6.44. The van der Waals surface area contributed by atoms with Gasteiger partial charge in [0, 0.05) is 22.7 Å². The van der Waals surface area contributed by atoms with E-state index in [0.717, 1.165) is 29.1 Å². The highest BCUT2D eigenvalue weighted by atomic mass is 35.5. The van der Waals surface area contributed by atoms with Crippen LogP contribution in [0.4, 0.5) is 5.69 Å². The number of anilines is 1. The van der Waals surface area contributed by atoms with Gasteiger partial charge in [0.25, 0.3) is 0 Å². The van der Waals surface area contributed by atoms with E-state index in [4.69, 9.17) is 27.9 Å². The van der Waals surface area contributed by atoms with Gasteiger partial charge in [-0.2, -0.15) is 0 Å². The van der Waals surface area contributed by atoms with Crippen molar-refractivity contribution in [1.29, 1.82) is 0 Å². The summed E-state index contributed by atoms with van der Waals surface area (Å²) in [5, 5.41) is 4.63. The summed E-state index contributed by atoms with van der Waals surface area (Å²) in [4.78, 5) is 4.29. The van der Waals surface area contributed by atoms with Crippen LogP contribution < -0.4 is 10.1 Å². The molecule has 1 N–H and O–H groups in total. The van der Waals surface area contributed by atoms with Crippen molar-refractivity contribution in [3.05, 3.63) is 51.8 Å². The largest absolute Gasteiger partial charge is 0.492 e. The van der Waals surface area contributed by atoms with Crippen LogP contribution in [-0.4, -0.2) is 11.6 Å². The average Bonchev–Trinajstić information content (AvgIpc) is 2.42. The second-order valence-corrected chi connectivity index (χ2v) is 5.67. The van der Waals surface area contributed by atoms with Gasteiger partial charge in [0.05, 0.1) is 29.6 Å². The molecule has 0 saturated carbocycles. The Morgan fingerprint density at radius 1 is 1.30 bits per heavy atom. The van der Waals surface area contributed by atoms with E-state index in [1.165, 1.54) is 0 Å². The SMILES string of the molecule is Cc1ccc(NC2CCOc3c(Cl)cc(Cl)cc32)cn1. The fraction of sp³-hybridized carbons (Fsp3) is 0.267. The Hall–Kier alpha value is -1.45. The molecule has 1 aromatic carbocycles. The molecule has 20 heavy (non-hydrogen) atoms. The minimum Gasteiger partial charge on any atom is -0.492 e. The summed E-state index contributed by atoms with van der Waals surface area (Å²) >= 11 is 12.3. The maximum atomic E-state index is 6.19. The van der Waals surface area contributed by atoms with Crippen LogP contribution in [-0.2, 0) is 0 Å². The molecule has 0 radical (unpaired) electrons. The number of aryl methyl sites for hydroxylation is 1. The lowest BCUT2D eigenvalue weighted by Gasteiger charge is -2.28. The van der Waals surface area contributed by atoms with Crippen molar-refractivity contribution in [2.45, 2.75) is 19.4 Å². The van der Waals surface area contributed by atoms with Crippen LogP contribution in [0, 0.1) is 6.92 Å². The number of aromatic nitrogens is 1. The molecule has 3 rings (SSSR count). The first kappa shape index (κ1) is 13.5. The third kappa shape index (κ3) is 2.69. The summed E-state index contributed by atoms with van der Waals surface area (Å²) in [7, 11) is 0. The van der Waals surface area contributed by atoms with Gasteiger partial charge >= 0.3 is 0 Å². The van der Waals surface area contributed by atoms with Gasteiger partial charge in [-0.3, -0.25) is 4.98 Å². The van der Waals surface area contributed by atoms with Crippen LogP contribution in [0.2, 0.25) is 10.0 Å². The van der Waals surface area contributed by atoms with Gasteiger partial charge in [0.2, 0.25) is 0 Å². The molecule has 5 heteroatoms. The zero-order chi connectivity index (χ0) is 14.1. The van der Waals surface area contributed by atoms with Crippen LogP contribution in [0.1, 0.15) is 23.7 Å². The highest BCUT2D eigenvalue weighted by Gasteiger charge is 2.24. The first-order valence-corrected chi connectivity index (χ1v) is 7.20. The van der Waals surface area contributed by atoms with Gasteiger partial charge in [-0.05, 0) is 31.2 Å². The second kappa shape index (κ2) is 5.51. The molecule has 104 valence electrons. The zero-order valence-corrected chi connectivity index (χ0v) is 12.5. The maximum Gasteiger partial charge on any atom is 0.143 e. The lowest BCUT2D eigenvalue weighted by molar-refractivity contribution is 0.274.